The van der Waals surface area contributed by atoms with E-state index >= 15 is 0 Å². The van der Waals surface area contributed by atoms with Crippen LogP contribution in [0.3, 0.4) is 0 Å². The Morgan fingerprint density at radius 3 is 2.41 bits per heavy atom. The number of carbonyl (C=O) groups excluding carboxylic acids is 2. The molecule has 148 valence electrons. The average molecular weight is 374 g/mol. The number of carbonyl (C=O) groups is 2. The van der Waals surface area contributed by atoms with E-state index in [4.69, 9.17) is 9.47 Å². The number of benzene rings is 1. The van der Waals surface area contributed by atoms with Gasteiger partial charge in [-0.1, -0.05) is 31.2 Å². The maximum Gasteiger partial charge on any atom is 0.320 e. The van der Waals surface area contributed by atoms with E-state index in [0.717, 1.165) is 12.8 Å². The van der Waals surface area contributed by atoms with Crippen LogP contribution in [-0.2, 0) is 20.7 Å². The standard InChI is InChI=1S/C21H30N2O4/c1-3-16-5-7-17(8-6-16)18-13-19(20(24)27-4-2)15-23(14-18)21(25)22-9-11-26-12-10-22/h5-8,18-19H,3-4,9-15H2,1-2H3. The highest BCUT2D eigenvalue weighted by molar-refractivity contribution is 5.78. The Morgan fingerprint density at radius 2 is 1.78 bits per heavy atom. The summed E-state index contributed by atoms with van der Waals surface area (Å²) in [5.41, 5.74) is 2.47. The van der Waals surface area contributed by atoms with Crippen molar-refractivity contribution in [1.29, 1.82) is 0 Å². The Balaban J connectivity index is 1.77. The smallest absolute Gasteiger partial charge is 0.320 e. The molecule has 0 spiro atoms. The number of nitrogens with zero attached hydrogens (tertiary/aromatic N) is 2. The molecule has 2 saturated heterocycles. The Labute approximate surface area is 161 Å². The third-order valence-electron chi connectivity index (χ3n) is 5.48. The van der Waals surface area contributed by atoms with Crippen LogP contribution in [0.2, 0.25) is 0 Å². The van der Waals surface area contributed by atoms with Gasteiger partial charge in [-0.25, -0.2) is 4.79 Å². The summed E-state index contributed by atoms with van der Waals surface area (Å²) in [5, 5.41) is 0. The lowest BCUT2D eigenvalue weighted by atomic mass is 9.84. The van der Waals surface area contributed by atoms with Gasteiger partial charge in [0.25, 0.3) is 0 Å². The van der Waals surface area contributed by atoms with Gasteiger partial charge in [-0.3, -0.25) is 4.79 Å². The van der Waals surface area contributed by atoms with Crippen LogP contribution in [-0.4, -0.2) is 67.8 Å². The quantitative estimate of drug-likeness (QED) is 0.761. The zero-order valence-electron chi connectivity index (χ0n) is 16.4. The molecule has 27 heavy (non-hydrogen) atoms. The second-order valence-corrected chi connectivity index (χ2v) is 7.26. The number of piperidine rings is 1. The lowest BCUT2D eigenvalue weighted by molar-refractivity contribution is -0.149. The largest absolute Gasteiger partial charge is 0.466 e. The van der Waals surface area contributed by atoms with E-state index in [9.17, 15) is 9.59 Å². The maximum absolute atomic E-state index is 13.0. The first-order chi connectivity index (χ1) is 13.1. The summed E-state index contributed by atoms with van der Waals surface area (Å²) in [7, 11) is 0. The summed E-state index contributed by atoms with van der Waals surface area (Å²) >= 11 is 0. The fourth-order valence-corrected chi connectivity index (χ4v) is 3.91. The molecule has 0 saturated carbocycles. The molecule has 0 N–H and O–H groups in total. The van der Waals surface area contributed by atoms with Crippen molar-refractivity contribution >= 4 is 12.0 Å². The molecule has 0 aromatic heterocycles. The topological polar surface area (TPSA) is 59.1 Å². The van der Waals surface area contributed by atoms with Crippen LogP contribution in [0, 0.1) is 5.92 Å². The second-order valence-electron chi connectivity index (χ2n) is 7.26. The van der Waals surface area contributed by atoms with Crippen molar-refractivity contribution in [3.63, 3.8) is 0 Å². The third-order valence-corrected chi connectivity index (χ3v) is 5.48. The van der Waals surface area contributed by atoms with E-state index in [1.54, 1.807) is 0 Å². The normalized spacial score (nSPS) is 23.2. The molecule has 2 heterocycles. The monoisotopic (exact) mass is 374 g/mol. The van der Waals surface area contributed by atoms with Crippen LogP contribution in [0.1, 0.15) is 37.3 Å². The molecule has 0 aliphatic carbocycles. The summed E-state index contributed by atoms with van der Waals surface area (Å²) in [4.78, 5) is 29.1. The lowest BCUT2D eigenvalue weighted by Gasteiger charge is -2.40. The highest BCUT2D eigenvalue weighted by atomic mass is 16.5. The number of ether oxygens (including phenoxy) is 2. The van der Waals surface area contributed by atoms with Crippen molar-refractivity contribution in [3.05, 3.63) is 35.4 Å². The number of urea groups is 1. The van der Waals surface area contributed by atoms with E-state index in [2.05, 4.69) is 31.2 Å². The Morgan fingerprint density at radius 1 is 1.07 bits per heavy atom. The van der Waals surface area contributed by atoms with Gasteiger partial charge in [0.15, 0.2) is 0 Å². The van der Waals surface area contributed by atoms with Crippen molar-refractivity contribution < 1.29 is 19.1 Å². The van der Waals surface area contributed by atoms with Gasteiger partial charge >= 0.3 is 12.0 Å². The number of hydrogen-bond donors (Lipinski definition) is 0. The molecular weight excluding hydrogens is 344 g/mol. The maximum atomic E-state index is 13.0. The van der Waals surface area contributed by atoms with E-state index in [0.29, 0.717) is 46.0 Å². The van der Waals surface area contributed by atoms with Gasteiger partial charge in [-0.2, -0.15) is 0 Å². The van der Waals surface area contributed by atoms with E-state index in [1.807, 2.05) is 16.7 Å². The molecule has 3 rings (SSSR count). The van der Waals surface area contributed by atoms with Gasteiger partial charge in [0.1, 0.15) is 0 Å². The summed E-state index contributed by atoms with van der Waals surface area (Å²) in [6, 6.07) is 8.54. The molecule has 2 amide bonds. The first-order valence-electron chi connectivity index (χ1n) is 9.99. The van der Waals surface area contributed by atoms with Crippen LogP contribution < -0.4 is 0 Å². The number of esters is 1. The molecule has 2 atom stereocenters. The highest BCUT2D eigenvalue weighted by Crippen LogP contribution is 2.32. The second kappa shape index (κ2) is 9.22. The van der Waals surface area contributed by atoms with Crippen molar-refractivity contribution in [2.75, 3.05) is 46.0 Å². The van der Waals surface area contributed by atoms with E-state index < -0.39 is 0 Å². The number of amides is 2. The molecule has 2 aliphatic heterocycles. The summed E-state index contributed by atoms with van der Waals surface area (Å²) in [6.07, 6.45) is 1.72. The van der Waals surface area contributed by atoms with Crippen LogP contribution in [0.4, 0.5) is 4.79 Å². The molecule has 2 unspecified atom stereocenters. The van der Waals surface area contributed by atoms with Crippen LogP contribution in [0.15, 0.2) is 24.3 Å². The van der Waals surface area contributed by atoms with Crippen molar-refractivity contribution in [1.82, 2.24) is 9.80 Å². The number of rotatable bonds is 4. The van der Waals surface area contributed by atoms with Gasteiger partial charge in [0.2, 0.25) is 0 Å². The van der Waals surface area contributed by atoms with Gasteiger partial charge in [-0.05, 0) is 30.9 Å². The van der Waals surface area contributed by atoms with Gasteiger partial charge in [0.05, 0.1) is 25.7 Å². The van der Waals surface area contributed by atoms with E-state index in [1.165, 1.54) is 11.1 Å². The fraction of sp³-hybridized carbons (Fsp3) is 0.619. The summed E-state index contributed by atoms with van der Waals surface area (Å²) < 4.78 is 10.6. The third kappa shape index (κ3) is 4.80. The minimum Gasteiger partial charge on any atom is -0.466 e. The molecule has 1 aromatic rings. The predicted molar refractivity (Wildman–Crippen MR) is 103 cm³/mol. The Bertz CT molecular complexity index is 640. The SMILES string of the molecule is CCOC(=O)C1CC(c2ccc(CC)cc2)CN(C(=O)N2CCOCC2)C1. The molecular formula is C21H30N2O4. The van der Waals surface area contributed by atoms with Gasteiger partial charge in [-0.15, -0.1) is 0 Å². The summed E-state index contributed by atoms with van der Waals surface area (Å²) in [5.74, 6) is -0.337. The molecule has 2 aliphatic rings. The molecule has 2 fully saturated rings. The molecule has 0 bridgehead atoms. The van der Waals surface area contributed by atoms with Crippen LogP contribution in [0.5, 0.6) is 0 Å². The predicted octanol–water partition coefficient (Wildman–Crippen LogP) is 2.67. The van der Waals surface area contributed by atoms with Crippen LogP contribution in [0.25, 0.3) is 0 Å². The molecule has 0 radical (unpaired) electrons. The molecule has 6 nitrogen and oxygen atoms in total. The lowest BCUT2D eigenvalue weighted by Crippen LogP contribution is -2.53. The van der Waals surface area contributed by atoms with Gasteiger partial charge < -0.3 is 19.3 Å². The Hall–Kier alpha value is -2.08. The zero-order chi connectivity index (χ0) is 19.2. The zero-order valence-corrected chi connectivity index (χ0v) is 16.4. The fourth-order valence-electron chi connectivity index (χ4n) is 3.91. The van der Waals surface area contributed by atoms with Gasteiger partial charge in [0, 0.05) is 32.1 Å². The molecule has 1 aromatic carbocycles. The minimum atomic E-state index is -0.278. The number of morpholine rings is 1. The first-order valence-corrected chi connectivity index (χ1v) is 9.99. The first kappa shape index (κ1) is 19.7. The van der Waals surface area contributed by atoms with Crippen molar-refractivity contribution in [2.24, 2.45) is 5.92 Å². The van der Waals surface area contributed by atoms with Crippen LogP contribution >= 0.6 is 0 Å². The number of hydrogen-bond acceptors (Lipinski definition) is 4. The Kier molecular flexibility index (Phi) is 6.72. The minimum absolute atomic E-state index is 0.00229. The number of likely N-dealkylation sites (tertiary alicyclic amines) is 1. The van der Waals surface area contributed by atoms with Crippen molar-refractivity contribution in [2.45, 2.75) is 32.6 Å². The van der Waals surface area contributed by atoms with E-state index in [-0.39, 0.29) is 23.8 Å². The van der Waals surface area contributed by atoms with Crippen molar-refractivity contribution in [3.8, 4) is 0 Å². The number of aryl methyl sites for hydroxylation is 1. The summed E-state index contributed by atoms with van der Waals surface area (Å²) in [6.45, 7) is 7.74. The highest BCUT2D eigenvalue weighted by Gasteiger charge is 2.37. The average Bonchev–Trinajstić information content (AvgIpc) is 2.73. The molecule has 6 heteroatoms.